The van der Waals surface area contributed by atoms with Gasteiger partial charge in [-0.1, -0.05) is 0 Å². The Labute approximate surface area is 205 Å². The van der Waals surface area contributed by atoms with E-state index in [9.17, 15) is 36.3 Å². The Balaban J connectivity index is 1.73. The zero-order valence-corrected chi connectivity index (χ0v) is 20.0. The fourth-order valence-electron chi connectivity index (χ4n) is 3.56. The van der Waals surface area contributed by atoms with Crippen LogP contribution in [0.15, 0.2) is 48.5 Å². The fraction of sp³-hybridized carbons (Fsp3) is 0.391. The van der Waals surface area contributed by atoms with Crippen LogP contribution in [0.4, 0.5) is 18.9 Å². The number of carbonyl (C=O) groups excluding carboxylic acids is 1. The summed E-state index contributed by atoms with van der Waals surface area (Å²) in [7, 11) is -3.95. The lowest BCUT2D eigenvalue weighted by molar-refractivity contribution is -0.142. The summed E-state index contributed by atoms with van der Waals surface area (Å²) in [5.74, 6) is -1.95. The number of nitrogens with one attached hydrogen (secondary N) is 1. The molecule has 3 rings (SSSR count). The van der Waals surface area contributed by atoms with Crippen LogP contribution in [-0.4, -0.2) is 57.5 Å². The molecular formula is C23H25F3N2O7S. The molecule has 0 radical (unpaired) electrons. The molecule has 1 heterocycles. The highest BCUT2D eigenvalue weighted by molar-refractivity contribution is 7.92. The largest absolute Gasteiger partial charge is 0.480 e. The molecule has 9 nitrogen and oxygen atoms in total. The predicted octanol–water partition coefficient (Wildman–Crippen LogP) is 3.26. The van der Waals surface area contributed by atoms with E-state index in [1.165, 1.54) is 24.3 Å². The fourth-order valence-corrected chi connectivity index (χ4v) is 4.49. The van der Waals surface area contributed by atoms with Crippen LogP contribution in [0.2, 0.25) is 0 Å². The van der Waals surface area contributed by atoms with Gasteiger partial charge in [-0.05, 0) is 61.4 Å². The zero-order chi connectivity index (χ0) is 26.5. The number of sulfonamides is 1. The highest BCUT2D eigenvalue weighted by Gasteiger charge is 2.31. The number of carboxylic acids is 1. The molecule has 1 aliphatic rings. The van der Waals surface area contributed by atoms with E-state index in [1.807, 2.05) is 0 Å². The number of rotatable bonds is 9. The quantitative estimate of drug-likeness (QED) is 0.510. The molecule has 1 amide bonds. The third kappa shape index (κ3) is 7.34. The van der Waals surface area contributed by atoms with Gasteiger partial charge in [0.05, 0.1) is 24.1 Å². The van der Waals surface area contributed by atoms with Gasteiger partial charge in [0.15, 0.2) is 0 Å². The third-order valence-electron chi connectivity index (χ3n) is 5.50. The lowest BCUT2D eigenvalue weighted by atomic mass is 9.99. The summed E-state index contributed by atoms with van der Waals surface area (Å²) in [6.45, 7) is 0.209. The van der Waals surface area contributed by atoms with Crippen molar-refractivity contribution in [2.45, 2.75) is 25.1 Å². The van der Waals surface area contributed by atoms with Crippen molar-refractivity contribution in [2.24, 2.45) is 5.92 Å². The van der Waals surface area contributed by atoms with E-state index in [-0.39, 0.29) is 17.2 Å². The lowest BCUT2D eigenvalue weighted by Gasteiger charge is -2.28. The van der Waals surface area contributed by atoms with Gasteiger partial charge in [-0.15, -0.1) is 0 Å². The standard InChI is InChI=1S/C23H25F3N2O7S/c1-36(32,33)28(14-20(22(30)31)27-21(29)15-10-12-34-13-11-15)17-4-8-19(9-5-17)35-18-6-2-16(3-7-18)23(24,25)26/h2-9,15,20H,10-14H2,1H3,(H,27,29)(H,30,31)/t20-/m0/s1. The van der Waals surface area contributed by atoms with Crippen molar-refractivity contribution in [1.82, 2.24) is 5.32 Å². The maximum Gasteiger partial charge on any atom is 0.416 e. The van der Waals surface area contributed by atoms with Crippen LogP contribution in [-0.2, 0) is 30.5 Å². The van der Waals surface area contributed by atoms with Crippen LogP contribution in [0.1, 0.15) is 18.4 Å². The van der Waals surface area contributed by atoms with Crippen LogP contribution >= 0.6 is 0 Å². The summed E-state index contributed by atoms with van der Waals surface area (Å²) < 4.78 is 74.6. The summed E-state index contributed by atoms with van der Waals surface area (Å²) >= 11 is 0. The van der Waals surface area contributed by atoms with E-state index >= 15 is 0 Å². The molecule has 0 unspecified atom stereocenters. The number of hydrogen-bond acceptors (Lipinski definition) is 6. The number of halogens is 3. The van der Waals surface area contributed by atoms with Crippen molar-refractivity contribution in [3.8, 4) is 11.5 Å². The SMILES string of the molecule is CS(=O)(=O)N(C[C@H](NC(=O)C1CCOCC1)C(=O)O)c1ccc(Oc2ccc(C(F)(F)F)cc2)cc1. The highest BCUT2D eigenvalue weighted by Crippen LogP contribution is 2.32. The Morgan fingerprint density at radius 3 is 2.08 bits per heavy atom. The minimum Gasteiger partial charge on any atom is -0.480 e. The minimum atomic E-state index is -4.48. The summed E-state index contributed by atoms with van der Waals surface area (Å²) in [5.41, 5.74) is -0.713. The molecule has 13 heteroatoms. The zero-order valence-electron chi connectivity index (χ0n) is 19.2. The van der Waals surface area contributed by atoms with Crippen molar-refractivity contribution in [3.05, 3.63) is 54.1 Å². The van der Waals surface area contributed by atoms with Gasteiger partial charge >= 0.3 is 12.1 Å². The van der Waals surface area contributed by atoms with Gasteiger partial charge in [-0.3, -0.25) is 9.10 Å². The van der Waals surface area contributed by atoms with E-state index in [0.717, 1.165) is 34.8 Å². The Hall–Kier alpha value is -3.32. The molecular weight excluding hydrogens is 505 g/mol. The number of aliphatic carboxylic acids is 1. The molecule has 1 fully saturated rings. The second kappa shape index (κ2) is 11.2. The first-order valence-electron chi connectivity index (χ1n) is 10.9. The number of alkyl halides is 3. The monoisotopic (exact) mass is 530 g/mol. The van der Waals surface area contributed by atoms with Crippen LogP contribution in [0.3, 0.4) is 0 Å². The number of nitrogens with zero attached hydrogens (tertiary/aromatic N) is 1. The van der Waals surface area contributed by atoms with E-state index < -0.39 is 52.1 Å². The lowest BCUT2D eigenvalue weighted by Crippen LogP contribution is -2.51. The molecule has 1 saturated heterocycles. The van der Waals surface area contributed by atoms with E-state index in [0.29, 0.717) is 26.1 Å². The van der Waals surface area contributed by atoms with Gasteiger partial charge in [0, 0.05) is 19.1 Å². The van der Waals surface area contributed by atoms with E-state index in [2.05, 4.69) is 5.32 Å². The van der Waals surface area contributed by atoms with Crippen LogP contribution in [0, 0.1) is 5.92 Å². The number of amides is 1. The average molecular weight is 531 g/mol. The van der Waals surface area contributed by atoms with Gasteiger partial charge in [0.2, 0.25) is 15.9 Å². The van der Waals surface area contributed by atoms with Gasteiger partial charge in [-0.25, -0.2) is 13.2 Å². The molecule has 0 spiro atoms. The summed E-state index contributed by atoms with van der Waals surface area (Å²) in [6, 6.07) is 8.04. The maximum absolute atomic E-state index is 12.7. The number of anilines is 1. The third-order valence-corrected chi connectivity index (χ3v) is 6.66. The molecule has 196 valence electrons. The topological polar surface area (TPSA) is 122 Å². The van der Waals surface area contributed by atoms with Gasteiger partial charge < -0.3 is 19.9 Å². The van der Waals surface area contributed by atoms with Crippen molar-refractivity contribution in [2.75, 3.05) is 30.3 Å². The minimum absolute atomic E-state index is 0.115. The first-order chi connectivity index (χ1) is 16.8. The van der Waals surface area contributed by atoms with Gasteiger partial charge in [-0.2, -0.15) is 13.2 Å². The number of carbonyl (C=O) groups is 2. The number of benzene rings is 2. The smallest absolute Gasteiger partial charge is 0.416 e. The predicted molar refractivity (Wildman–Crippen MR) is 123 cm³/mol. The second-order valence-corrected chi connectivity index (χ2v) is 10.1. The molecule has 1 atom stereocenters. The molecule has 0 aliphatic carbocycles. The van der Waals surface area contributed by atoms with Gasteiger partial charge in [0.1, 0.15) is 17.5 Å². The Kier molecular flexibility index (Phi) is 8.46. The Bertz CT molecular complexity index is 1160. The first kappa shape index (κ1) is 27.3. The van der Waals surface area contributed by atoms with E-state index in [4.69, 9.17) is 9.47 Å². The van der Waals surface area contributed by atoms with Crippen molar-refractivity contribution < 1.29 is 45.8 Å². The molecule has 1 aliphatic heterocycles. The van der Waals surface area contributed by atoms with Crippen LogP contribution in [0.25, 0.3) is 0 Å². The average Bonchev–Trinajstić information content (AvgIpc) is 2.81. The normalized spacial score (nSPS) is 15.7. The Morgan fingerprint density at radius 2 is 1.61 bits per heavy atom. The highest BCUT2D eigenvalue weighted by atomic mass is 32.2. The Morgan fingerprint density at radius 1 is 1.08 bits per heavy atom. The number of hydrogen-bond donors (Lipinski definition) is 2. The summed E-state index contributed by atoms with van der Waals surface area (Å²) in [6.07, 6.45) is -2.70. The van der Waals surface area contributed by atoms with Crippen molar-refractivity contribution in [1.29, 1.82) is 0 Å². The molecule has 0 bridgehead atoms. The number of ether oxygens (including phenoxy) is 2. The number of carboxylic acid groups (broad SMARTS) is 1. The molecule has 0 saturated carbocycles. The molecule has 2 aromatic rings. The van der Waals surface area contributed by atoms with Crippen molar-refractivity contribution >= 4 is 27.6 Å². The van der Waals surface area contributed by atoms with E-state index in [1.54, 1.807) is 0 Å². The molecule has 2 N–H and O–H groups in total. The maximum atomic E-state index is 12.7. The van der Waals surface area contributed by atoms with Crippen molar-refractivity contribution in [3.63, 3.8) is 0 Å². The first-order valence-corrected chi connectivity index (χ1v) is 12.7. The molecule has 36 heavy (non-hydrogen) atoms. The van der Waals surface area contributed by atoms with Crippen LogP contribution in [0.5, 0.6) is 11.5 Å². The second-order valence-electron chi connectivity index (χ2n) is 8.20. The molecule has 2 aromatic carbocycles. The summed E-state index contributed by atoms with van der Waals surface area (Å²) in [5, 5.41) is 12.0. The van der Waals surface area contributed by atoms with Crippen LogP contribution < -0.4 is 14.4 Å². The molecule has 0 aromatic heterocycles. The summed E-state index contributed by atoms with van der Waals surface area (Å²) in [4.78, 5) is 24.3. The van der Waals surface area contributed by atoms with Gasteiger partial charge in [0.25, 0.3) is 0 Å².